The van der Waals surface area contributed by atoms with Gasteiger partial charge in [0.15, 0.2) is 0 Å². The second-order valence-corrected chi connectivity index (χ2v) is 3.25. The molecule has 0 aliphatic heterocycles. The number of rotatable bonds is 4. The van der Waals surface area contributed by atoms with Crippen molar-refractivity contribution in [1.82, 2.24) is 0 Å². The highest BCUT2D eigenvalue weighted by molar-refractivity contribution is 5.21. The Morgan fingerprint density at radius 2 is 2.00 bits per heavy atom. The van der Waals surface area contributed by atoms with Crippen molar-refractivity contribution in [3.8, 4) is 0 Å². The molecule has 0 saturated heterocycles. The summed E-state index contributed by atoms with van der Waals surface area (Å²) in [6, 6.07) is 8.01. The Kier molecular flexibility index (Phi) is 3.89. The van der Waals surface area contributed by atoms with Crippen LogP contribution in [0.25, 0.3) is 0 Å². The fraction of sp³-hybridized carbons (Fsp3) is 0.400. The summed E-state index contributed by atoms with van der Waals surface area (Å²) in [6.45, 7) is 2.22. The molecule has 1 aromatic rings. The Morgan fingerprint density at radius 3 is 2.54 bits per heavy atom. The van der Waals surface area contributed by atoms with Gasteiger partial charge in [-0.15, -0.1) is 0 Å². The first-order valence-corrected chi connectivity index (χ1v) is 4.30. The lowest BCUT2D eigenvalue weighted by molar-refractivity contribution is -0.245. The third-order valence-corrected chi connectivity index (χ3v) is 1.91. The van der Waals surface area contributed by atoms with E-state index in [0.717, 1.165) is 12.0 Å². The summed E-state index contributed by atoms with van der Waals surface area (Å²) in [5.74, 6) is 0. The van der Waals surface area contributed by atoms with E-state index in [-0.39, 0.29) is 12.6 Å². The number of nitrogens with two attached hydrogens (primary N) is 1. The minimum Gasteiger partial charge on any atom is -0.325 e. The topological polar surface area (TPSA) is 55.5 Å². The molecule has 1 aromatic carbocycles. The summed E-state index contributed by atoms with van der Waals surface area (Å²) in [5.41, 5.74) is 8.06. The molecule has 3 N–H and O–H groups in total. The summed E-state index contributed by atoms with van der Waals surface area (Å²) in [5, 5.41) is 8.18. The third kappa shape index (κ3) is 3.55. The zero-order valence-electron chi connectivity index (χ0n) is 7.73. The molecule has 3 nitrogen and oxygen atoms in total. The lowest BCUT2D eigenvalue weighted by Gasteiger charge is -2.08. The van der Waals surface area contributed by atoms with E-state index in [9.17, 15) is 0 Å². The van der Waals surface area contributed by atoms with Crippen molar-refractivity contribution in [2.75, 3.05) is 6.61 Å². The highest BCUT2D eigenvalue weighted by atomic mass is 17.1. The van der Waals surface area contributed by atoms with Crippen LogP contribution in [-0.4, -0.2) is 17.9 Å². The quantitative estimate of drug-likeness (QED) is 0.544. The van der Waals surface area contributed by atoms with Crippen molar-refractivity contribution >= 4 is 0 Å². The van der Waals surface area contributed by atoms with E-state index in [0.29, 0.717) is 0 Å². The highest BCUT2D eigenvalue weighted by Crippen LogP contribution is 2.05. The molecular formula is C10H15NO2. The molecule has 0 aliphatic carbocycles. The Labute approximate surface area is 78.1 Å². The van der Waals surface area contributed by atoms with E-state index < -0.39 is 0 Å². The summed E-state index contributed by atoms with van der Waals surface area (Å²) < 4.78 is 0. The van der Waals surface area contributed by atoms with Crippen LogP contribution in [0.15, 0.2) is 24.3 Å². The van der Waals surface area contributed by atoms with Gasteiger partial charge in [0.25, 0.3) is 0 Å². The maximum Gasteiger partial charge on any atom is 0.0973 e. The van der Waals surface area contributed by atoms with Crippen LogP contribution in [0.3, 0.4) is 0 Å². The minimum atomic E-state index is -0.146. The fourth-order valence-electron chi connectivity index (χ4n) is 1.18. The third-order valence-electron chi connectivity index (χ3n) is 1.91. The summed E-state index contributed by atoms with van der Waals surface area (Å²) in [6.07, 6.45) is 0.723. The van der Waals surface area contributed by atoms with Crippen LogP contribution < -0.4 is 5.73 Å². The standard InChI is InChI=1S/C10H15NO2/c1-8-2-4-9(5-3-8)6-10(11)7-13-12/h2-5,10,12H,6-7,11H2,1H3. The molecule has 1 rings (SSSR count). The van der Waals surface area contributed by atoms with Gasteiger partial charge in [0, 0.05) is 6.04 Å². The molecule has 0 spiro atoms. The van der Waals surface area contributed by atoms with Gasteiger partial charge in [-0.25, -0.2) is 4.89 Å². The maximum atomic E-state index is 8.18. The van der Waals surface area contributed by atoms with Gasteiger partial charge in [-0.2, -0.15) is 0 Å². The highest BCUT2D eigenvalue weighted by Gasteiger charge is 2.03. The van der Waals surface area contributed by atoms with Crippen molar-refractivity contribution in [3.05, 3.63) is 35.4 Å². The lowest BCUT2D eigenvalue weighted by atomic mass is 10.1. The molecule has 3 heteroatoms. The lowest BCUT2D eigenvalue weighted by Crippen LogP contribution is -2.28. The summed E-state index contributed by atoms with van der Waals surface area (Å²) in [7, 11) is 0. The first-order chi connectivity index (χ1) is 6.22. The van der Waals surface area contributed by atoms with E-state index in [1.807, 2.05) is 31.2 Å². The molecule has 0 saturated carbocycles. The van der Waals surface area contributed by atoms with Crippen molar-refractivity contribution < 1.29 is 10.1 Å². The van der Waals surface area contributed by atoms with Crippen LogP contribution in [0.4, 0.5) is 0 Å². The minimum absolute atomic E-state index is 0.146. The molecule has 0 fully saturated rings. The molecular weight excluding hydrogens is 166 g/mol. The van der Waals surface area contributed by atoms with Gasteiger partial charge in [-0.1, -0.05) is 29.8 Å². The monoisotopic (exact) mass is 181 g/mol. The average molecular weight is 181 g/mol. The van der Waals surface area contributed by atoms with Crippen LogP contribution >= 0.6 is 0 Å². The van der Waals surface area contributed by atoms with Crippen molar-refractivity contribution in [2.45, 2.75) is 19.4 Å². The predicted molar refractivity (Wildman–Crippen MR) is 51.4 cm³/mol. The largest absolute Gasteiger partial charge is 0.325 e. The van der Waals surface area contributed by atoms with Gasteiger partial charge in [0.2, 0.25) is 0 Å². The zero-order valence-corrected chi connectivity index (χ0v) is 7.73. The van der Waals surface area contributed by atoms with Gasteiger partial charge in [-0.05, 0) is 18.9 Å². The smallest absolute Gasteiger partial charge is 0.0973 e. The van der Waals surface area contributed by atoms with Crippen molar-refractivity contribution in [3.63, 3.8) is 0 Å². The van der Waals surface area contributed by atoms with Gasteiger partial charge in [0.1, 0.15) is 0 Å². The first-order valence-electron chi connectivity index (χ1n) is 4.30. The average Bonchev–Trinajstić information content (AvgIpc) is 2.09. The van der Waals surface area contributed by atoms with Crippen LogP contribution in [0.1, 0.15) is 11.1 Å². The van der Waals surface area contributed by atoms with Crippen LogP contribution in [0.2, 0.25) is 0 Å². The van der Waals surface area contributed by atoms with E-state index in [2.05, 4.69) is 4.89 Å². The van der Waals surface area contributed by atoms with E-state index in [1.54, 1.807) is 0 Å². The molecule has 13 heavy (non-hydrogen) atoms. The maximum absolute atomic E-state index is 8.18. The Bertz CT molecular complexity index is 246. The fourth-order valence-corrected chi connectivity index (χ4v) is 1.18. The number of hydrogen-bond donors (Lipinski definition) is 2. The molecule has 0 amide bonds. The normalized spacial score (nSPS) is 12.8. The first kappa shape index (κ1) is 10.2. The Hall–Kier alpha value is -0.900. The van der Waals surface area contributed by atoms with Crippen molar-refractivity contribution in [2.24, 2.45) is 5.73 Å². The van der Waals surface area contributed by atoms with Gasteiger partial charge >= 0.3 is 0 Å². The van der Waals surface area contributed by atoms with Crippen LogP contribution in [-0.2, 0) is 11.3 Å². The molecule has 72 valence electrons. The molecule has 0 bridgehead atoms. The second kappa shape index (κ2) is 4.97. The van der Waals surface area contributed by atoms with Gasteiger partial charge in [0.05, 0.1) is 6.61 Å². The molecule has 0 heterocycles. The molecule has 0 aromatic heterocycles. The number of hydrogen-bond acceptors (Lipinski definition) is 3. The van der Waals surface area contributed by atoms with Gasteiger partial charge in [-0.3, -0.25) is 5.26 Å². The Morgan fingerprint density at radius 1 is 1.38 bits per heavy atom. The van der Waals surface area contributed by atoms with E-state index in [1.165, 1.54) is 5.56 Å². The molecule has 1 atom stereocenters. The van der Waals surface area contributed by atoms with Gasteiger partial charge < -0.3 is 5.73 Å². The van der Waals surface area contributed by atoms with E-state index >= 15 is 0 Å². The Balaban J connectivity index is 2.49. The number of benzene rings is 1. The predicted octanol–water partition coefficient (Wildman–Crippen LogP) is 1.35. The summed E-state index contributed by atoms with van der Waals surface area (Å²) >= 11 is 0. The molecule has 0 radical (unpaired) electrons. The second-order valence-electron chi connectivity index (χ2n) is 3.25. The molecule has 1 unspecified atom stereocenters. The molecule has 0 aliphatic rings. The SMILES string of the molecule is Cc1ccc(CC(N)COO)cc1. The zero-order chi connectivity index (χ0) is 9.68. The van der Waals surface area contributed by atoms with E-state index in [4.69, 9.17) is 11.0 Å². The summed E-state index contributed by atoms with van der Waals surface area (Å²) in [4.78, 5) is 3.97. The number of aryl methyl sites for hydroxylation is 1. The van der Waals surface area contributed by atoms with Crippen LogP contribution in [0, 0.1) is 6.92 Å². The van der Waals surface area contributed by atoms with Crippen LogP contribution in [0.5, 0.6) is 0 Å². The van der Waals surface area contributed by atoms with Crippen molar-refractivity contribution in [1.29, 1.82) is 0 Å².